The van der Waals surface area contributed by atoms with Crippen molar-refractivity contribution in [3.05, 3.63) is 0 Å². The second-order valence-corrected chi connectivity index (χ2v) is 3.82. The molecule has 0 saturated heterocycles. The average molecular weight is 262 g/mol. The Hall–Kier alpha value is -1.67. The molecule has 104 valence electrons. The van der Waals surface area contributed by atoms with E-state index in [4.69, 9.17) is 21.1 Å². The lowest BCUT2D eigenvalue weighted by atomic mass is 10.1. The number of hydrogen-bond acceptors (Lipinski definition) is 5. The number of hydrogen-bond donors (Lipinski definition) is 4. The van der Waals surface area contributed by atoms with Crippen molar-refractivity contribution in [3.63, 3.8) is 0 Å². The summed E-state index contributed by atoms with van der Waals surface area (Å²) < 4.78 is 0. The quantitative estimate of drug-likeness (QED) is 0.395. The van der Waals surface area contributed by atoms with Crippen molar-refractivity contribution in [1.29, 1.82) is 0 Å². The van der Waals surface area contributed by atoms with E-state index in [1.165, 1.54) is 0 Å². The summed E-state index contributed by atoms with van der Waals surface area (Å²) in [6.45, 7) is -1.21. The van der Waals surface area contributed by atoms with Crippen LogP contribution in [0.1, 0.15) is 19.3 Å². The Bertz CT molecular complexity index is 291. The third-order valence-corrected chi connectivity index (χ3v) is 2.21. The van der Waals surface area contributed by atoms with Gasteiger partial charge in [-0.1, -0.05) is 0 Å². The monoisotopic (exact) mass is 262 g/mol. The first kappa shape index (κ1) is 16.3. The van der Waals surface area contributed by atoms with Crippen molar-refractivity contribution < 1.29 is 29.7 Å². The van der Waals surface area contributed by atoms with Crippen molar-refractivity contribution >= 4 is 17.8 Å². The van der Waals surface area contributed by atoms with Crippen LogP contribution in [0.3, 0.4) is 0 Å². The number of carbonyl (C=O) groups excluding carboxylic acids is 1. The molecule has 0 heterocycles. The lowest BCUT2D eigenvalue weighted by molar-refractivity contribution is -0.149. The normalized spacial score (nSPS) is 11.9. The van der Waals surface area contributed by atoms with Crippen LogP contribution >= 0.6 is 0 Å². The van der Waals surface area contributed by atoms with E-state index in [0.717, 1.165) is 4.90 Å². The maximum atomic E-state index is 11.6. The first-order chi connectivity index (χ1) is 8.36. The highest BCUT2D eigenvalue weighted by atomic mass is 16.4. The minimum absolute atomic E-state index is 0.0163. The molecule has 0 unspecified atom stereocenters. The number of carboxylic acid groups (broad SMARTS) is 2. The van der Waals surface area contributed by atoms with Gasteiger partial charge in [-0.15, -0.1) is 0 Å². The summed E-state index contributed by atoms with van der Waals surface area (Å²) in [4.78, 5) is 33.3. The van der Waals surface area contributed by atoms with Gasteiger partial charge in [0.25, 0.3) is 0 Å². The number of carboxylic acids is 2. The molecule has 0 aliphatic rings. The van der Waals surface area contributed by atoms with Crippen LogP contribution in [0.25, 0.3) is 0 Å². The number of rotatable bonds is 9. The predicted octanol–water partition coefficient (Wildman–Crippen LogP) is -1.53. The predicted molar refractivity (Wildman–Crippen MR) is 60.8 cm³/mol. The second kappa shape index (κ2) is 8.43. The Kier molecular flexibility index (Phi) is 7.64. The molecule has 0 radical (unpaired) electrons. The highest BCUT2D eigenvalue weighted by Gasteiger charge is 2.19. The number of carbonyl (C=O) groups is 3. The van der Waals surface area contributed by atoms with E-state index < -0.39 is 37.0 Å². The molecule has 0 bridgehead atoms. The summed E-state index contributed by atoms with van der Waals surface area (Å²) in [7, 11) is 0. The van der Waals surface area contributed by atoms with Gasteiger partial charge in [0, 0.05) is 13.0 Å². The van der Waals surface area contributed by atoms with Crippen molar-refractivity contribution in [2.75, 3.05) is 19.6 Å². The highest BCUT2D eigenvalue weighted by molar-refractivity contribution is 5.85. The van der Waals surface area contributed by atoms with Gasteiger partial charge in [-0.3, -0.25) is 14.4 Å². The second-order valence-electron chi connectivity index (χ2n) is 3.82. The molecule has 0 aromatic carbocycles. The molecule has 1 amide bonds. The summed E-state index contributed by atoms with van der Waals surface area (Å²) in [6, 6.07) is 0. The van der Waals surface area contributed by atoms with Crippen molar-refractivity contribution in [2.45, 2.75) is 25.4 Å². The molecule has 0 fully saturated rings. The maximum absolute atomic E-state index is 11.6. The van der Waals surface area contributed by atoms with Gasteiger partial charge in [0.1, 0.15) is 13.1 Å². The Morgan fingerprint density at radius 3 is 2.00 bits per heavy atom. The maximum Gasteiger partial charge on any atom is 0.323 e. The molecule has 0 rings (SSSR count). The van der Waals surface area contributed by atoms with Crippen LogP contribution in [-0.2, 0) is 14.4 Å². The van der Waals surface area contributed by atoms with E-state index in [0.29, 0.717) is 12.8 Å². The Morgan fingerprint density at radius 1 is 1.11 bits per heavy atom. The lowest BCUT2D eigenvalue weighted by Crippen LogP contribution is -2.39. The average Bonchev–Trinajstić information content (AvgIpc) is 2.26. The Balaban J connectivity index is 4.20. The van der Waals surface area contributed by atoms with E-state index in [9.17, 15) is 14.4 Å². The summed E-state index contributed by atoms with van der Waals surface area (Å²) in [6.07, 6.45) is -0.0777. The summed E-state index contributed by atoms with van der Waals surface area (Å²) in [5.74, 6) is -3.11. The topological polar surface area (TPSA) is 141 Å². The minimum atomic E-state index is -1.27. The van der Waals surface area contributed by atoms with Crippen LogP contribution in [0.2, 0.25) is 0 Å². The molecular weight excluding hydrogens is 244 g/mol. The zero-order valence-electron chi connectivity index (χ0n) is 9.91. The highest BCUT2D eigenvalue weighted by Crippen LogP contribution is 2.04. The van der Waals surface area contributed by atoms with Gasteiger partial charge < -0.3 is 26.0 Å². The van der Waals surface area contributed by atoms with Crippen LogP contribution in [0, 0.1) is 0 Å². The zero-order chi connectivity index (χ0) is 14.1. The number of aliphatic carboxylic acids is 2. The molecule has 0 spiro atoms. The Morgan fingerprint density at radius 2 is 1.61 bits per heavy atom. The third-order valence-electron chi connectivity index (χ3n) is 2.21. The van der Waals surface area contributed by atoms with Crippen LogP contribution in [0.15, 0.2) is 0 Å². The standard InChI is InChI=1S/C10H18N2O6/c11-4-7(13)2-1-3-8(14)12(5-9(15)16)6-10(17)18/h7,13H,1-6,11H2,(H,15,16)(H,17,18)/t7-/m1/s1. The van der Waals surface area contributed by atoms with Gasteiger partial charge in [-0.2, -0.15) is 0 Å². The van der Waals surface area contributed by atoms with Gasteiger partial charge in [0.15, 0.2) is 0 Å². The van der Waals surface area contributed by atoms with Gasteiger partial charge >= 0.3 is 11.9 Å². The lowest BCUT2D eigenvalue weighted by Gasteiger charge is -2.18. The van der Waals surface area contributed by atoms with Crippen LogP contribution in [-0.4, -0.2) is 63.8 Å². The number of nitrogens with zero attached hydrogens (tertiary/aromatic N) is 1. The first-order valence-electron chi connectivity index (χ1n) is 5.46. The molecule has 18 heavy (non-hydrogen) atoms. The van der Waals surface area contributed by atoms with Gasteiger partial charge in [0.05, 0.1) is 6.10 Å². The largest absolute Gasteiger partial charge is 0.480 e. The number of aliphatic hydroxyl groups excluding tert-OH is 1. The van der Waals surface area contributed by atoms with Crippen LogP contribution < -0.4 is 5.73 Å². The first-order valence-corrected chi connectivity index (χ1v) is 5.46. The fourth-order valence-corrected chi connectivity index (χ4v) is 1.32. The van der Waals surface area contributed by atoms with Gasteiger partial charge in [0.2, 0.25) is 5.91 Å². The molecule has 5 N–H and O–H groups in total. The molecule has 0 aliphatic heterocycles. The minimum Gasteiger partial charge on any atom is -0.480 e. The number of amides is 1. The molecule has 8 heteroatoms. The fraction of sp³-hybridized carbons (Fsp3) is 0.700. The molecule has 0 aromatic heterocycles. The SMILES string of the molecule is NC[C@H](O)CCCC(=O)N(CC(=O)O)CC(=O)O. The molecule has 0 aliphatic carbocycles. The van der Waals surface area contributed by atoms with Gasteiger partial charge in [-0.05, 0) is 12.8 Å². The van der Waals surface area contributed by atoms with Gasteiger partial charge in [-0.25, -0.2) is 0 Å². The Labute approximate surface area is 104 Å². The van der Waals surface area contributed by atoms with Crippen LogP contribution in [0.5, 0.6) is 0 Å². The van der Waals surface area contributed by atoms with Crippen LogP contribution in [0.4, 0.5) is 0 Å². The van der Waals surface area contributed by atoms with Crippen molar-refractivity contribution in [2.24, 2.45) is 5.73 Å². The molecule has 1 atom stereocenters. The molecule has 0 saturated carbocycles. The van der Waals surface area contributed by atoms with E-state index in [-0.39, 0.29) is 13.0 Å². The van der Waals surface area contributed by atoms with E-state index in [1.807, 2.05) is 0 Å². The molecule has 8 nitrogen and oxygen atoms in total. The smallest absolute Gasteiger partial charge is 0.323 e. The summed E-state index contributed by atoms with van der Waals surface area (Å²) >= 11 is 0. The fourth-order valence-electron chi connectivity index (χ4n) is 1.32. The summed E-state index contributed by atoms with van der Waals surface area (Å²) in [5.41, 5.74) is 5.18. The zero-order valence-corrected chi connectivity index (χ0v) is 9.91. The molecule has 0 aromatic rings. The summed E-state index contributed by atoms with van der Waals surface area (Å²) in [5, 5.41) is 26.3. The number of nitrogens with two attached hydrogens (primary N) is 1. The number of aliphatic hydroxyl groups is 1. The van der Waals surface area contributed by atoms with E-state index in [1.54, 1.807) is 0 Å². The molecular formula is C10H18N2O6. The van der Waals surface area contributed by atoms with Crippen molar-refractivity contribution in [1.82, 2.24) is 4.90 Å². The van der Waals surface area contributed by atoms with E-state index in [2.05, 4.69) is 0 Å². The van der Waals surface area contributed by atoms with Crippen molar-refractivity contribution in [3.8, 4) is 0 Å². The third kappa shape index (κ3) is 7.58. The van der Waals surface area contributed by atoms with E-state index >= 15 is 0 Å².